The first-order valence-corrected chi connectivity index (χ1v) is 9.10. The van der Waals surface area contributed by atoms with Crippen molar-refractivity contribution in [1.82, 2.24) is 4.90 Å². The Morgan fingerprint density at radius 1 is 1.12 bits per heavy atom. The molecule has 0 bridgehead atoms. The van der Waals surface area contributed by atoms with Crippen LogP contribution < -0.4 is 4.74 Å². The summed E-state index contributed by atoms with van der Waals surface area (Å²) in [5.41, 5.74) is 1.31. The van der Waals surface area contributed by atoms with Crippen molar-refractivity contribution in [2.75, 3.05) is 25.4 Å². The molecule has 3 nitrogen and oxygen atoms in total. The minimum absolute atomic E-state index is 0.0902. The first kappa shape index (κ1) is 16.8. The Balaban J connectivity index is 1.54. The molecule has 126 valence electrons. The minimum Gasteiger partial charge on any atom is -0.481 e. The van der Waals surface area contributed by atoms with E-state index >= 15 is 0 Å². The van der Waals surface area contributed by atoms with Crippen molar-refractivity contribution in [3.8, 4) is 5.75 Å². The highest BCUT2D eigenvalue weighted by molar-refractivity contribution is 7.99. The van der Waals surface area contributed by atoms with Crippen LogP contribution in [0.3, 0.4) is 0 Å². The molecule has 1 amide bonds. The van der Waals surface area contributed by atoms with Gasteiger partial charge in [0.05, 0.1) is 0 Å². The molecule has 2 aromatic carbocycles. The molecular weight excluding hydrogens is 325 g/mol. The van der Waals surface area contributed by atoms with Crippen LogP contribution in [0, 0.1) is 5.82 Å². The lowest BCUT2D eigenvalue weighted by Gasteiger charge is -2.20. The van der Waals surface area contributed by atoms with Gasteiger partial charge in [-0.25, -0.2) is 4.39 Å². The molecule has 1 saturated heterocycles. The van der Waals surface area contributed by atoms with E-state index in [1.807, 2.05) is 34.9 Å². The maximum absolute atomic E-state index is 13.5. The van der Waals surface area contributed by atoms with E-state index in [0.29, 0.717) is 18.3 Å². The van der Waals surface area contributed by atoms with E-state index in [2.05, 4.69) is 12.1 Å². The summed E-state index contributed by atoms with van der Waals surface area (Å²) in [6, 6.07) is 16.5. The topological polar surface area (TPSA) is 29.5 Å². The van der Waals surface area contributed by atoms with E-state index in [-0.39, 0.29) is 18.3 Å². The van der Waals surface area contributed by atoms with Gasteiger partial charge in [0.1, 0.15) is 0 Å². The molecular formula is C19H20FNO2S. The van der Waals surface area contributed by atoms with Crippen molar-refractivity contribution in [2.45, 2.75) is 11.7 Å². The number of hydrogen-bond acceptors (Lipinski definition) is 3. The second-order valence-corrected chi connectivity index (χ2v) is 6.97. The number of amides is 1. The zero-order chi connectivity index (χ0) is 16.8. The average molecular weight is 345 g/mol. The third-order valence-electron chi connectivity index (χ3n) is 4.05. The Bertz CT molecular complexity index is 680. The zero-order valence-electron chi connectivity index (χ0n) is 13.4. The number of hydrogen-bond donors (Lipinski definition) is 0. The first-order chi connectivity index (χ1) is 11.7. The fraction of sp³-hybridized carbons (Fsp3) is 0.316. The lowest BCUT2D eigenvalue weighted by atomic mass is 10.1. The summed E-state index contributed by atoms with van der Waals surface area (Å²) in [5.74, 6) is 0.482. The van der Waals surface area contributed by atoms with Gasteiger partial charge in [-0.3, -0.25) is 4.79 Å². The van der Waals surface area contributed by atoms with Crippen LogP contribution >= 0.6 is 11.8 Å². The quantitative estimate of drug-likeness (QED) is 0.841. The van der Waals surface area contributed by atoms with Crippen molar-refractivity contribution in [1.29, 1.82) is 0 Å². The van der Waals surface area contributed by atoms with E-state index < -0.39 is 5.82 Å². The maximum Gasteiger partial charge on any atom is 0.260 e. The number of halogens is 1. The van der Waals surface area contributed by atoms with Crippen LogP contribution in [0.2, 0.25) is 0 Å². The number of rotatable bonds is 4. The Kier molecular flexibility index (Phi) is 5.75. The molecule has 1 heterocycles. The summed E-state index contributed by atoms with van der Waals surface area (Å²) in [5, 5.41) is 0.413. The second kappa shape index (κ2) is 8.20. The summed E-state index contributed by atoms with van der Waals surface area (Å²) in [6.45, 7) is 1.28. The smallest absolute Gasteiger partial charge is 0.260 e. The van der Waals surface area contributed by atoms with Crippen LogP contribution in [0.5, 0.6) is 5.75 Å². The predicted molar refractivity (Wildman–Crippen MR) is 94.7 cm³/mol. The SMILES string of the molecule is O=C(COc1ccccc1F)N1CCS[C@@H](c2ccccc2)CC1. The highest BCUT2D eigenvalue weighted by Crippen LogP contribution is 2.34. The Labute approximate surface area is 145 Å². The van der Waals surface area contributed by atoms with Crippen molar-refractivity contribution in [3.63, 3.8) is 0 Å². The zero-order valence-corrected chi connectivity index (χ0v) is 14.2. The van der Waals surface area contributed by atoms with Crippen LogP contribution in [-0.4, -0.2) is 36.3 Å². The molecule has 5 heteroatoms. The van der Waals surface area contributed by atoms with Crippen LogP contribution in [0.15, 0.2) is 54.6 Å². The van der Waals surface area contributed by atoms with Gasteiger partial charge in [-0.2, -0.15) is 11.8 Å². The van der Waals surface area contributed by atoms with Gasteiger partial charge < -0.3 is 9.64 Å². The molecule has 1 aliphatic rings. The number of thioether (sulfide) groups is 1. The summed E-state index contributed by atoms with van der Waals surface area (Å²) >= 11 is 1.88. The van der Waals surface area contributed by atoms with Gasteiger partial charge in [0.2, 0.25) is 0 Å². The number of carbonyl (C=O) groups excluding carboxylic acids is 1. The van der Waals surface area contributed by atoms with Gasteiger partial charge in [0, 0.05) is 24.1 Å². The Morgan fingerprint density at radius 3 is 2.67 bits per heavy atom. The van der Waals surface area contributed by atoms with Gasteiger partial charge in [0.25, 0.3) is 5.91 Å². The van der Waals surface area contributed by atoms with Gasteiger partial charge in [-0.05, 0) is 24.1 Å². The molecule has 1 atom stereocenters. The molecule has 0 spiro atoms. The third-order valence-corrected chi connectivity index (χ3v) is 5.38. The second-order valence-electron chi connectivity index (χ2n) is 5.66. The number of carbonyl (C=O) groups is 1. The molecule has 0 aliphatic carbocycles. The van der Waals surface area contributed by atoms with E-state index in [1.54, 1.807) is 12.1 Å². The summed E-state index contributed by atoms with van der Waals surface area (Å²) in [4.78, 5) is 14.2. The Morgan fingerprint density at radius 2 is 1.88 bits per heavy atom. The molecule has 0 N–H and O–H groups in total. The number of nitrogens with zero attached hydrogens (tertiary/aromatic N) is 1. The van der Waals surface area contributed by atoms with Crippen LogP contribution in [0.25, 0.3) is 0 Å². The molecule has 1 fully saturated rings. The monoisotopic (exact) mass is 345 g/mol. The van der Waals surface area contributed by atoms with Gasteiger partial charge in [-0.15, -0.1) is 0 Å². The molecule has 0 unspecified atom stereocenters. The van der Waals surface area contributed by atoms with Gasteiger partial charge in [0.15, 0.2) is 18.2 Å². The molecule has 1 aliphatic heterocycles. The summed E-state index contributed by atoms with van der Waals surface area (Å²) < 4.78 is 18.9. The van der Waals surface area contributed by atoms with E-state index in [1.165, 1.54) is 17.7 Å². The fourth-order valence-electron chi connectivity index (χ4n) is 2.75. The standard InChI is InChI=1S/C19H20FNO2S/c20-16-8-4-5-9-17(16)23-14-19(22)21-11-10-18(24-13-12-21)15-6-2-1-3-7-15/h1-9,18H,10-14H2/t18-/m1/s1. The van der Waals surface area contributed by atoms with Gasteiger partial charge in [-0.1, -0.05) is 42.5 Å². The summed E-state index contributed by atoms with van der Waals surface area (Å²) in [7, 11) is 0. The first-order valence-electron chi connectivity index (χ1n) is 8.05. The minimum atomic E-state index is -0.444. The Hall–Kier alpha value is -2.01. The highest BCUT2D eigenvalue weighted by Gasteiger charge is 2.22. The lowest BCUT2D eigenvalue weighted by molar-refractivity contribution is -0.133. The molecule has 0 radical (unpaired) electrons. The lowest BCUT2D eigenvalue weighted by Crippen LogP contribution is -2.36. The van der Waals surface area contributed by atoms with Crippen LogP contribution in [-0.2, 0) is 4.79 Å². The predicted octanol–water partition coefficient (Wildman–Crippen LogP) is 3.91. The van der Waals surface area contributed by atoms with Crippen molar-refractivity contribution in [2.24, 2.45) is 0 Å². The average Bonchev–Trinajstić information content (AvgIpc) is 2.88. The normalized spacial score (nSPS) is 18.0. The molecule has 0 aromatic heterocycles. The van der Waals surface area contributed by atoms with Crippen molar-refractivity contribution < 1.29 is 13.9 Å². The molecule has 2 aromatic rings. The molecule has 0 saturated carbocycles. The summed E-state index contributed by atoms with van der Waals surface area (Å²) in [6.07, 6.45) is 0.917. The highest BCUT2D eigenvalue weighted by atomic mass is 32.2. The van der Waals surface area contributed by atoms with E-state index in [0.717, 1.165) is 12.2 Å². The molecule has 3 rings (SSSR count). The third kappa shape index (κ3) is 4.29. The van der Waals surface area contributed by atoms with Crippen molar-refractivity contribution >= 4 is 17.7 Å². The van der Waals surface area contributed by atoms with Crippen LogP contribution in [0.1, 0.15) is 17.2 Å². The largest absolute Gasteiger partial charge is 0.481 e. The number of para-hydroxylation sites is 1. The van der Waals surface area contributed by atoms with E-state index in [4.69, 9.17) is 4.74 Å². The van der Waals surface area contributed by atoms with E-state index in [9.17, 15) is 9.18 Å². The molecule has 24 heavy (non-hydrogen) atoms. The number of ether oxygens (including phenoxy) is 1. The number of benzene rings is 2. The van der Waals surface area contributed by atoms with Gasteiger partial charge >= 0.3 is 0 Å². The maximum atomic E-state index is 13.5. The van der Waals surface area contributed by atoms with Crippen LogP contribution in [0.4, 0.5) is 4.39 Å². The fourth-order valence-corrected chi connectivity index (χ4v) is 3.98. The van der Waals surface area contributed by atoms with Crippen molar-refractivity contribution in [3.05, 3.63) is 66.0 Å².